The van der Waals surface area contributed by atoms with Crippen LogP contribution in [0.4, 0.5) is 10.8 Å². The highest BCUT2D eigenvalue weighted by molar-refractivity contribution is 9.10. The molecule has 1 aromatic carbocycles. The summed E-state index contributed by atoms with van der Waals surface area (Å²) in [5.74, 6) is 0. The van der Waals surface area contributed by atoms with Crippen molar-refractivity contribution in [2.45, 2.75) is 34.2 Å². The average Bonchev–Trinajstić information content (AvgIpc) is 2.87. The molecule has 0 saturated heterocycles. The first kappa shape index (κ1) is 16.3. The number of nitrogens with zero attached hydrogens (tertiary/aromatic N) is 2. The average molecular weight is 368 g/mol. The molecule has 21 heavy (non-hydrogen) atoms. The highest BCUT2D eigenvalue weighted by atomic mass is 79.9. The van der Waals surface area contributed by atoms with E-state index in [9.17, 15) is 0 Å². The lowest BCUT2D eigenvalue weighted by Gasteiger charge is -2.16. The van der Waals surface area contributed by atoms with E-state index in [1.165, 1.54) is 21.7 Å². The van der Waals surface area contributed by atoms with E-state index in [2.05, 4.69) is 71.0 Å². The zero-order valence-electron chi connectivity index (χ0n) is 13.0. The summed E-state index contributed by atoms with van der Waals surface area (Å²) in [6, 6.07) is 4.28. The molecule has 0 radical (unpaired) electrons. The molecular formula is C16H22BrN3S. The minimum atomic E-state index is 0.822. The summed E-state index contributed by atoms with van der Waals surface area (Å²) in [6.45, 7) is 11.4. The largest absolute Gasteiger partial charge is 0.380 e. The van der Waals surface area contributed by atoms with Gasteiger partial charge in [-0.1, -0.05) is 15.9 Å². The van der Waals surface area contributed by atoms with Crippen molar-refractivity contribution in [1.29, 1.82) is 0 Å². The van der Waals surface area contributed by atoms with E-state index in [0.29, 0.717) is 0 Å². The molecule has 0 saturated carbocycles. The Hall–Kier alpha value is -1.07. The van der Waals surface area contributed by atoms with Crippen molar-refractivity contribution in [2.24, 2.45) is 0 Å². The van der Waals surface area contributed by atoms with Gasteiger partial charge in [0.05, 0.1) is 6.54 Å². The highest BCUT2D eigenvalue weighted by Crippen LogP contribution is 2.27. The van der Waals surface area contributed by atoms with E-state index < -0.39 is 0 Å². The highest BCUT2D eigenvalue weighted by Gasteiger charge is 2.09. The van der Waals surface area contributed by atoms with Gasteiger partial charge in [-0.25, -0.2) is 4.98 Å². The monoisotopic (exact) mass is 367 g/mol. The predicted octanol–water partition coefficient (Wildman–Crippen LogP) is 4.98. The quantitative estimate of drug-likeness (QED) is 0.779. The minimum Gasteiger partial charge on any atom is -0.380 e. The summed E-state index contributed by atoms with van der Waals surface area (Å²) in [4.78, 5) is 8.07. The Kier molecular flexibility index (Phi) is 5.65. The van der Waals surface area contributed by atoms with Crippen LogP contribution in [0.25, 0.3) is 0 Å². The lowest BCUT2D eigenvalue weighted by molar-refractivity contribution is 0.860. The number of hydrogen-bond acceptors (Lipinski definition) is 4. The first-order valence-electron chi connectivity index (χ1n) is 7.25. The summed E-state index contributed by atoms with van der Waals surface area (Å²) in [6.07, 6.45) is 1.98. The molecule has 0 fully saturated rings. The lowest BCUT2D eigenvalue weighted by atomic mass is 10.1. The van der Waals surface area contributed by atoms with Gasteiger partial charge in [0.15, 0.2) is 5.13 Å². The van der Waals surface area contributed by atoms with Crippen LogP contribution in [-0.4, -0.2) is 18.1 Å². The van der Waals surface area contributed by atoms with E-state index in [4.69, 9.17) is 0 Å². The van der Waals surface area contributed by atoms with Crippen LogP contribution in [-0.2, 0) is 6.54 Å². The van der Waals surface area contributed by atoms with Crippen LogP contribution in [0, 0.1) is 13.8 Å². The number of hydrogen-bond donors (Lipinski definition) is 1. The second-order valence-electron chi connectivity index (χ2n) is 5.05. The van der Waals surface area contributed by atoms with Gasteiger partial charge in [-0.3, -0.25) is 0 Å². The van der Waals surface area contributed by atoms with Crippen molar-refractivity contribution in [2.75, 3.05) is 23.3 Å². The Morgan fingerprint density at radius 3 is 2.38 bits per heavy atom. The third kappa shape index (κ3) is 3.98. The van der Waals surface area contributed by atoms with Crippen molar-refractivity contribution < 1.29 is 0 Å². The fraction of sp³-hybridized carbons (Fsp3) is 0.438. The normalized spacial score (nSPS) is 10.7. The standard InChI is InChI=1S/C16H22BrN3S/c1-5-20(6-2)16-19-10-14(21-16)9-18-15-11(3)7-13(17)8-12(15)4/h7-8,10,18H,5-6,9H2,1-4H3. The Balaban J connectivity index is 2.07. The Morgan fingerprint density at radius 1 is 1.19 bits per heavy atom. The van der Waals surface area contributed by atoms with Crippen LogP contribution >= 0.6 is 27.3 Å². The molecule has 0 aliphatic carbocycles. The summed E-state index contributed by atoms with van der Waals surface area (Å²) in [5, 5.41) is 4.66. The molecule has 0 spiro atoms. The molecule has 0 aliphatic heterocycles. The van der Waals surface area contributed by atoms with Gasteiger partial charge < -0.3 is 10.2 Å². The predicted molar refractivity (Wildman–Crippen MR) is 96.6 cm³/mol. The summed E-state index contributed by atoms with van der Waals surface area (Å²) >= 11 is 5.30. The molecule has 1 N–H and O–H groups in total. The van der Waals surface area contributed by atoms with Crippen molar-refractivity contribution in [1.82, 2.24) is 4.98 Å². The van der Waals surface area contributed by atoms with Gasteiger partial charge in [0.25, 0.3) is 0 Å². The fourth-order valence-electron chi connectivity index (χ4n) is 2.38. The summed E-state index contributed by atoms with van der Waals surface area (Å²) in [7, 11) is 0. The number of aryl methyl sites for hydroxylation is 2. The molecule has 2 aromatic rings. The molecule has 0 unspecified atom stereocenters. The number of halogens is 1. The van der Waals surface area contributed by atoms with Crippen LogP contribution in [0.3, 0.4) is 0 Å². The maximum Gasteiger partial charge on any atom is 0.185 e. The lowest BCUT2D eigenvalue weighted by Crippen LogP contribution is -2.21. The van der Waals surface area contributed by atoms with E-state index >= 15 is 0 Å². The van der Waals surface area contributed by atoms with Crippen LogP contribution in [0.5, 0.6) is 0 Å². The third-order valence-electron chi connectivity index (χ3n) is 3.51. The fourth-order valence-corrected chi connectivity index (χ4v) is 4.05. The molecule has 114 valence electrons. The van der Waals surface area contributed by atoms with Crippen molar-refractivity contribution in [3.05, 3.63) is 38.8 Å². The Labute approximate surface area is 139 Å². The van der Waals surface area contributed by atoms with Gasteiger partial charge in [0.2, 0.25) is 0 Å². The number of anilines is 2. The topological polar surface area (TPSA) is 28.2 Å². The molecule has 0 aliphatic rings. The van der Waals surface area contributed by atoms with Gasteiger partial charge >= 0.3 is 0 Å². The summed E-state index contributed by atoms with van der Waals surface area (Å²) in [5.41, 5.74) is 3.74. The number of thiazole rings is 1. The van der Waals surface area contributed by atoms with Crippen molar-refractivity contribution in [3.63, 3.8) is 0 Å². The molecule has 5 heteroatoms. The smallest absolute Gasteiger partial charge is 0.185 e. The maximum absolute atomic E-state index is 4.53. The number of aromatic nitrogens is 1. The van der Waals surface area contributed by atoms with Gasteiger partial charge in [-0.15, -0.1) is 11.3 Å². The van der Waals surface area contributed by atoms with E-state index in [-0.39, 0.29) is 0 Å². The first-order valence-corrected chi connectivity index (χ1v) is 8.86. The molecule has 0 amide bonds. The molecule has 2 rings (SSSR count). The molecule has 0 atom stereocenters. The second-order valence-corrected chi connectivity index (χ2v) is 7.06. The van der Waals surface area contributed by atoms with Crippen LogP contribution in [0.2, 0.25) is 0 Å². The van der Waals surface area contributed by atoms with Gasteiger partial charge in [0.1, 0.15) is 0 Å². The van der Waals surface area contributed by atoms with Crippen LogP contribution in [0.1, 0.15) is 29.9 Å². The molecular weight excluding hydrogens is 346 g/mol. The van der Waals surface area contributed by atoms with Gasteiger partial charge in [-0.2, -0.15) is 0 Å². The van der Waals surface area contributed by atoms with Crippen molar-refractivity contribution >= 4 is 38.1 Å². The molecule has 1 aromatic heterocycles. The van der Waals surface area contributed by atoms with Crippen LogP contribution < -0.4 is 10.2 Å². The number of nitrogens with one attached hydrogen (secondary N) is 1. The van der Waals surface area contributed by atoms with Gasteiger partial charge in [-0.05, 0) is 51.0 Å². The SMILES string of the molecule is CCN(CC)c1ncc(CNc2c(C)cc(Br)cc2C)s1. The van der Waals surface area contributed by atoms with E-state index in [0.717, 1.165) is 29.2 Å². The number of rotatable bonds is 6. The summed E-state index contributed by atoms with van der Waals surface area (Å²) < 4.78 is 1.13. The third-order valence-corrected chi connectivity index (χ3v) is 5.03. The zero-order valence-corrected chi connectivity index (χ0v) is 15.4. The zero-order chi connectivity index (χ0) is 15.4. The number of benzene rings is 1. The molecule has 0 bridgehead atoms. The second kappa shape index (κ2) is 7.27. The Bertz CT molecular complexity index is 582. The Morgan fingerprint density at radius 2 is 1.81 bits per heavy atom. The van der Waals surface area contributed by atoms with Gasteiger partial charge in [0, 0.05) is 34.3 Å². The maximum atomic E-state index is 4.53. The van der Waals surface area contributed by atoms with Crippen molar-refractivity contribution in [3.8, 4) is 0 Å². The van der Waals surface area contributed by atoms with Crippen LogP contribution in [0.15, 0.2) is 22.8 Å². The molecule has 3 nitrogen and oxygen atoms in total. The molecule has 1 heterocycles. The van der Waals surface area contributed by atoms with E-state index in [1.807, 2.05) is 6.20 Å². The minimum absolute atomic E-state index is 0.822. The first-order chi connectivity index (χ1) is 10.0. The van der Waals surface area contributed by atoms with E-state index in [1.54, 1.807) is 11.3 Å².